The first kappa shape index (κ1) is 13.8. The summed E-state index contributed by atoms with van der Waals surface area (Å²) in [7, 11) is 1.56. The number of non-ortho nitro benzene ring substituents is 1. The molecule has 0 saturated heterocycles. The third-order valence-electron chi connectivity index (χ3n) is 2.77. The van der Waals surface area contributed by atoms with Crippen LogP contribution in [0.4, 0.5) is 15.8 Å². The zero-order valence-electron chi connectivity index (χ0n) is 10.8. The lowest BCUT2D eigenvalue weighted by Crippen LogP contribution is -2.02. The van der Waals surface area contributed by atoms with Crippen molar-refractivity contribution < 1.29 is 14.1 Å². The molecule has 0 fully saturated rings. The van der Waals surface area contributed by atoms with Crippen LogP contribution in [-0.2, 0) is 6.54 Å². The van der Waals surface area contributed by atoms with E-state index in [1.165, 1.54) is 12.1 Å². The fourth-order valence-electron chi connectivity index (χ4n) is 1.83. The van der Waals surface area contributed by atoms with E-state index in [1.54, 1.807) is 7.11 Å². The molecule has 0 heterocycles. The monoisotopic (exact) mass is 276 g/mol. The normalized spacial score (nSPS) is 10.1. The van der Waals surface area contributed by atoms with Crippen molar-refractivity contribution in [1.29, 1.82) is 0 Å². The first-order valence-electron chi connectivity index (χ1n) is 5.91. The Morgan fingerprint density at radius 3 is 2.75 bits per heavy atom. The number of ether oxygens (including phenoxy) is 1. The van der Waals surface area contributed by atoms with Crippen molar-refractivity contribution in [1.82, 2.24) is 0 Å². The Bertz CT molecular complexity index is 632. The number of nitrogens with one attached hydrogen (secondary N) is 1. The van der Waals surface area contributed by atoms with Crippen LogP contribution in [0.25, 0.3) is 0 Å². The van der Waals surface area contributed by atoms with Gasteiger partial charge < -0.3 is 10.1 Å². The van der Waals surface area contributed by atoms with Crippen molar-refractivity contribution in [2.45, 2.75) is 6.54 Å². The number of rotatable bonds is 5. The second-order valence-corrected chi connectivity index (χ2v) is 4.12. The van der Waals surface area contributed by atoms with Crippen molar-refractivity contribution in [2.75, 3.05) is 12.4 Å². The Hall–Kier alpha value is -2.63. The molecule has 0 aliphatic heterocycles. The smallest absolute Gasteiger partial charge is 0.274 e. The quantitative estimate of drug-likeness (QED) is 0.671. The van der Waals surface area contributed by atoms with Gasteiger partial charge in [0.25, 0.3) is 5.69 Å². The highest BCUT2D eigenvalue weighted by atomic mass is 19.1. The molecular weight excluding hydrogens is 263 g/mol. The van der Waals surface area contributed by atoms with Crippen LogP contribution in [0.3, 0.4) is 0 Å². The molecule has 0 aliphatic carbocycles. The van der Waals surface area contributed by atoms with E-state index < -0.39 is 10.7 Å². The van der Waals surface area contributed by atoms with Crippen LogP contribution in [0.5, 0.6) is 5.75 Å². The molecular formula is C14H13FN2O3. The lowest BCUT2D eigenvalue weighted by molar-refractivity contribution is -0.385. The maximum Gasteiger partial charge on any atom is 0.274 e. The summed E-state index contributed by atoms with van der Waals surface area (Å²) in [5.41, 5.74) is 0.942. The van der Waals surface area contributed by atoms with Crippen LogP contribution in [0.15, 0.2) is 42.5 Å². The summed E-state index contributed by atoms with van der Waals surface area (Å²) in [5, 5.41) is 13.6. The van der Waals surface area contributed by atoms with Crippen molar-refractivity contribution in [3.63, 3.8) is 0 Å². The zero-order chi connectivity index (χ0) is 14.5. The molecule has 2 rings (SSSR count). The average Bonchev–Trinajstić information content (AvgIpc) is 2.44. The van der Waals surface area contributed by atoms with Crippen molar-refractivity contribution in [3.8, 4) is 5.75 Å². The number of nitro groups is 1. The summed E-state index contributed by atoms with van der Waals surface area (Å²) in [6.45, 7) is 0.380. The molecule has 0 spiro atoms. The summed E-state index contributed by atoms with van der Waals surface area (Å²) in [5.74, 6) is 0.0487. The third kappa shape index (κ3) is 3.23. The fourth-order valence-corrected chi connectivity index (χ4v) is 1.83. The van der Waals surface area contributed by atoms with E-state index in [0.717, 1.165) is 11.6 Å². The summed E-state index contributed by atoms with van der Waals surface area (Å²) < 4.78 is 18.5. The number of hydrogen-bond donors (Lipinski definition) is 1. The maximum absolute atomic E-state index is 13.3. The number of halogens is 1. The highest BCUT2D eigenvalue weighted by Crippen LogP contribution is 2.22. The average molecular weight is 276 g/mol. The molecule has 0 atom stereocenters. The van der Waals surface area contributed by atoms with Crippen LogP contribution in [0.2, 0.25) is 0 Å². The molecule has 20 heavy (non-hydrogen) atoms. The first-order chi connectivity index (χ1) is 9.60. The van der Waals surface area contributed by atoms with Crippen LogP contribution < -0.4 is 10.1 Å². The molecule has 6 heteroatoms. The van der Waals surface area contributed by atoms with E-state index in [1.807, 2.05) is 24.3 Å². The van der Waals surface area contributed by atoms with E-state index in [-0.39, 0.29) is 5.69 Å². The SMILES string of the molecule is COc1ccccc1CNc1cc(F)cc([N+](=O)[O-])c1. The van der Waals surface area contributed by atoms with Gasteiger partial charge in [-0.15, -0.1) is 0 Å². The third-order valence-corrected chi connectivity index (χ3v) is 2.77. The van der Waals surface area contributed by atoms with Gasteiger partial charge in [0.05, 0.1) is 18.1 Å². The van der Waals surface area contributed by atoms with Crippen LogP contribution in [0, 0.1) is 15.9 Å². The Kier molecular flexibility index (Phi) is 4.14. The van der Waals surface area contributed by atoms with Gasteiger partial charge in [-0.25, -0.2) is 4.39 Å². The van der Waals surface area contributed by atoms with E-state index in [2.05, 4.69) is 5.32 Å². The lowest BCUT2D eigenvalue weighted by Gasteiger charge is -2.10. The molecule has 0 amide bonds. The van der Waals surface area contributed by atoms with E-state index >= 15 is 0 Å². The highest BCUT2D eigenvalue weighted by molar-refractivity contribution is 5.52. The standard InChI is InChI=1S/C14H13FN2O3/c1-20-14-5-3-2-4-10(14)9-16-12-6-11(15)7-13(8-12)17(18)19/h2-8,16H,9H2,1H3. The topological polar surface area (TPSA) is 64.4 Å². The van der Waals surface area contributed by atoms with E-state index in [4.69, 9.17) is 4.74 Å². The summed E-state index contributed by atoms with van der Waals surface area (Å²) >= 11 is 0. The number of para-hydroxylation sites is 1. The number of hydrogen-bond acceptors (Lipinski definition) is 4. The van der Waals surface area contributed by atoms with Gasteiger partial charge in [-0.1, -0.05) is 18.2 Å². The maximum atomic E-state index is 13.3. The molecule has 0 aromatic heterocycles. The fraction of sp³-hybridized carbons (Fsp3) is 0.143. The molecule has 2 aromatic rings. The molecule has 1 N–H and O–H groups in total. The number of anilines is 1. The van der Waals surface area contributed by atoms with Gasteiger partial charge in [0, 0.05) is 23.9 Å². The van der Waals surface area contributed by atoms with Crippen molar-refractivity contribution in [3.05, 3.63) is 64.0 Å². The minimum Gasteiger partial charge on any atom is -0.496 e. The largest absolute Gasteiger partial charge is 0.496 e. The van der Waals surface area contributed by atoms with Crippen LogP contribution in [-0.4, -0.2) is 12.0 Å². The first-order valence-corrected chi connectivity index (χ1v) is 5.91. The minimum atomic E-state index is -0.651. The Labute approximate surface area is 115 Å². The molecule has 104 valence electrons. The van der Waals surface area contributed by atoms with Gasteiger partial charge in [-0.3, -0.25) is 10.1 Å². The van der Waals surface area contributed by atoms with E-state index in [0.29, 0.717) is 18.0 Å². The van der Waals surface area contributed by atoms with E-state index in [9.17, 15) is 14.5 Å². The zero-order valence-corrected chi connectivity index (χ0v) is 10.8. The van der Waals surface area contributed by atoms with Gasteiger partial charge in [-0.2, -0.15) is 0 Å². The molecule has 0 unspecified atom stereocenters. The Balaban J connectivity index is 2.16. The number of methoxy groups -OCH3 is 1. The minimum absolute atomic E-state index is 0.285. The number of nitro benzene ring substituents is 1. The van der Waals surface area contributed by atoms with Gasteiger partial charge in [0.1, 0.15) is 11.6 Å². The summed E-state index contributed by atoms with van der Waals surface area (Å²) in [6, 6.07) is 10.8. The van der Waals surface area contributed by atoms with Crippen LogP contribution in [0.1, 0.15) is 5.56 Å². The number of nitrogens with zero attached hydrogens (tertiary/aromatic N) is 1. The Morgan fingerprint density at radius 2 is 2.05 bits per heavy atom. The van der Waals surface area contributed by atoms with Crippen molar-refractivity contribution >= 4 is 11.4 Å². The molecule has 0 bridgehead atoms. The predicted molar refractivity (Wildman–Crippen MR) is 73.4 cm³/mol. The van der Waals surface area contributed by atoms with Crippen molar-refractivity contribution in [2.24, 2.45) is 0 Å². The second-order valence-electron chi connectivity index (χ2n) is 4.12. The molecule has 0 saturated carbocycles. The molecule has 0 aliphatic rings. The summed E-state index contributed by atoms with van der Waals surface area (Å²) in [6.07, 6.45) is 0. The molecule has 2 aromatic carbocycles. The summed E-state index contributed by atoms with van der Waals surface area (Å²) in [4.78, 5) is 10.0. The van der Waals surface area contributed by atoms with Gasteiger partial charge >= 0.3 is 0 Å². The lowest BCUT2D eigenvalue weighted by atomic mass is 10.2. The van der Waals surface area contributed by atoms with Gasteiger partial charge in [0.2, 0.25) is 0 Å². The number of benzene rings is 2. The molecule has 5 nitrogen and oxygen atoms in total. The van der Waals surface area contributed by atoms with Gasteiger partial charge in [0.15, 0.2) is 0 Å². The highest BCUT2D eigenvalue weighted by Gasteiger charge is 2.10. The Morgan fingerprint density at radius 1 is 1.30 bits per heavy atom. The second kappa shape index (κ2) is 6.01. The van der Waals surface area contributed by atoms with Gasteiger partial charge in [-0.05, 0) is 12.1 Å². The van der Waals surface area contributed by atoms with Crippen LogP contribution >= 0.6 is 0 Å². The predicted octanol–water partition coefficient (Wildman–Crippen LogP) is 3.35. The molecule has 0 radical (unpaired) electrons.